The summed E-state index contributed by atoms with van der Waals surface area (Å²) in [6.45, 7) is 4.14. The van der Waals surface area contributed by atoms with E-state index in [1.165, 1.54) is 25.7 Å². The minimum Gasteiger partial charge on any atom is -0.386 e. The molecule has 0 saturated heterocycles. The van der Waals surface area contributed by atoms with Crippen molar-refractivity contribution in [1.29, 1.82) is 0 Å². The molecule has 2 saturated carbocycles. The Bertz CT molecular complexity index is 431. The van der Waals surface area contributed by atoms with Gasteiger partial charge in [0.2, 0.25) is 0 Å². The molecule has 18 heavy (non-hydrogen) atoms. The van der Waals surface area contributed by atoms with Crippen molar-refractivity contribution in [2.24, 2.45) is 17.8 Å². The van der Waals surface area contributed by atoms with Gasteiger partial charge in [-0.3, -0.25) is 4.68 Å². The highest BCUT2D eigenvalue weighted by Crippen LogP contribution is 2.60. The summed E-state index contributed by atoms with van der Waals surface area (Å²) in [4.78, 5) is 0. The molecule has 100 valence electrons. The summed E-state index contributed by atoms with van der Waals surface area (Å²) >= 11 is 6.21. The van der Waals surface area contributed by atoms with E-state index >= 15 is 0 Å². The SMILES string of the molecule is CC(C)n1ncc(Cl)c1C(O)C1C2CCCCC21. The number of aliphatic hydroxyl groups excluding tert-OH is 1. The van der Waals surface area contributed by atoms with Crippen LogP contribution in [-0.4, -0.2) is 14.9 Å². The molecule has 1 N–H and O–H groups in total. The standard InChI is InChI=1S/C14H21ClN2O/c1-8(2)17-13(11(15)7-16-17)14(18)12-9-5-3-4-6-10(9)12/h7-10,12,14,18H,3-6H2,1-2H3. The third-order valence-corrected chi connectivity index (χ3v) is 4.93. The van der Waals surface area contributed by atoms with Gasteiger partial charge in [0.25, 0.3) is 0 Å². The molecule has 4 heteroatoms. The Balaban J connectivity index is 1.84. The van der Waals surface area contributed by atoms with Gasteiger partial charge in [0.15, 0.2) is 0 Å². The summed E-state index contributed by atoms with van der Waals surface area (Å²) in [6.07, 6.45) is 6.42. The second kappa shape index (κ2) is 4.53. The second-order valence-electron chi connectivity index (χ2n) is 6.05. The summed E-state index contributed by atoms with van der Waals surface area (Å²) in [5, 5.41) is 15.5. The van der Waals surface area contributed by atoms with Crippen LogP contribution in [0.1, 0.15) is 57.4 Å². The maximum atomic E-state index is 10.6. The van der Waals surface area contributed by atoms with E-state index in [-0.39, 0.29) is 6.04 Å². The van der Waals surface area contributed by atoms with Crippen LogP contribution in [0.4, 0.5) is 0 Å². The maximum Gasteiger partial charge on any atom is 0.100 e. The lowest BCUT2D eigenvalue weighted by Crippen LogP contribution is -2.14. The molecule has 2 aliphatic rings. The van der Waals surface area contributed by atoms with Gasteiger partial charge < -0.3 is 5.11 Å². The van der Waals surface area contributed by atoms with Crippen molar-refractivity contribution >= 4 is 11.6 Å². The summed E-state index contributed by atoms with van der Waals surface area (Å²) in [5.74, 6) is 1.86. The maximum absolute atomic E-state index is 10.6. The molecule has 0 aromatic carbocycles. The summed E-state index contributed by atoms with van der Waals surface area (Å²) < 4.78 is 1.87. The quantitative estimate of drug-likeness (QED) is 0.910. The Hall–Kier alpha value is -0.540. The van der Waals surface area contributed by atoms with E-state index in [4.69, 9.17) is 11.6 Å². The van der Waals surface area contributed by atoms with Crippen LogP contribution in [-0.2, 0) is 0 Å². The van der Waals surface area contributed by atoms with Crippen LogP contribution < -0.4 is 0 Å². The van der Waals surface area contributed by atoms with Gasteiger partial charge in [-0.1, -0.05) is 24.4 Å². The van der Waals surface area contributed by atoms with E-state index in [9.17, 15) is 5.11 Å². The van der Waals surface area contributed by atoms with Gasteiger partial charge in [-0.2, -0.15) is 5.10 Å². The van der Waals surface area contributed by atoms with Crippen LogP contribution in [0.2, 0.25) is 5.02 Å². The first kappa shape index (κ1) is 12.5. The minimum absolute atomic E-state index is 0.239. The fraction of sp³-hybridized carbons (Fsp3) is 0.786. The molecule has 2 fully saturated rings. The van der Waals surface area contributed by atoms with Crippen molar-refractivity contribution < 1.29 is 5.11 Å². The number of hydrogen-bond donors (Lipinski definition) is 1. The Morgan fingerprint density at radius 2 is 1.94 bits per heavy atom. The molecule has 3 nitrogen and oxygen atoms in total. The minimum atomic E-state index is -0.435. The number of hydrogen-bond acceptors (Lipinski definition) is 2. The molecule has 1 aromatic heterocycles. The molecular formula is C14H21ClN2O. The predicted octanol–water partition coefficient (Wildman–Crippen LogP) is 3.59. The summed E-state index contributed by atoms with van der Waals surface area (Å²) in [6, 6.07) is 0.239. The Labute approximate surface area is 113 Å². The van der Waals surface area contributed by atoms with Crippen molar-refractivity contribution in [1.82, 2.24) is 9.78 Å². The van der Waals surface area contributed by atoms with E-state index in [0.717, 1.165) is 17.5 Å². The van der Waals surface area contributed by atoms with Gasteiger partial charge in [0.1, 0.15) is 6.10 Å². The first-order valence-corrected chi connectivity index (χ1v) is 7.40. The van der Waals surface area contributed by atoms with Crippen molar-refractivity contribution in [2.75, 3.05) is 0 Å². The van der Waals surface area contributed by atoms with E-state index in [0.29, 0.717) is 10.9 Å². The molecule has 3 atom stereocenters. The zero-order chi connectivity index (χ0) is 12.9. The molecule has 0 bridgehead atoms. The predicted molar refractivity (Wildman–Crippen MR) is 71.5 cm³/mol. The molecule has 2 aliphatic carbocycles. The summed E-state index contributed by atoms with van der Waals surface area (Å²) in [7, 11) is 0. The van der Waals surface area contributed by atoms with Gasteiger partial charge in [0.05, 0.1) is 16.9 Å². The van der Waals surface area contributed by atoms with Gasteiger partial charge in [-0.15, -0.1) is 0 Å². The smallest absolute Gasteiger partial charge is 0.100 e. The number of aromatic nitrogens is 2. The fourth-order valence-electron chi connectivity index (χ4n) is 3.74. The lowest BCUT2D eigenvalue weighted by Gasteiger charge is -2.16. The first-order valence-electron chi connectivity index (χ1n) is 7.02. The van der Waals surface area contributed by atoms with Crippen LogP contribution in [0.15, 0.2) is 6.20 Å². The van der Waals surface area contributed by atoms with Crippen LogP contribution >= 0.6 is 11.6 Å². The third-order valence-electron chi connectivity index (χ3n) is 4.64. The molecule has 0 radical (unpaired) electrons. The molecule has 3 unspecified atom stereocenters. The lowest BCUT2D eigenvalue weighted by atomic mass is 10.0. The van der Waals surface area contributed by atoms with Crippen molar-refractivity contribution in [3.63, 3.8) is 0 Å². The highest BCUT2D eigenvalue weighted by Gasteiger charge is 2.55. The normalized spacial score (nSPS) is 32.4. The molecule has 0 spiro atoms. The average molecular weight is 269 g/mol. The average Bonchev–Trinajstić information content (AvgIpc) is 2.95. The zero-order valence-electron chi connectivity index (χ0n) is 11.0. The molecule has 0 aliphatic heterocycles. The number of rotatable bonds is 3. The van der Waals surface area contributed by atoms with Crippen LogP contribution in [0.25, 0.3) is 0 Å². The Kier molecular flexibility index (Phi) is 3.15. The fourth-order valence-corrected chi connectivity index (χ4v) is 3.98. The van der Waals surface area contributed by atoms with E-state index < -0.39 is 6.10 Å². The third kappa shape index (κ3) is 1.88. The number of nitrogens with zero attached hydrogens (tertiary/aromatic N) is 2. The molecular weight excluding hydrogens is 248 g/mol. The van der Waals surface area contributed by atoms with Gasteiger partial charge in [-0.05, 0) is 44.4 Å². The van der Waals surface area contributed by atoms with E-state index in [1.54, 1.807) is 6.20 Å². The number of fused-ring (bicyclic) bond motifs is 1. The van der Waals surface area contributed by atoms with Crippen molar-refractivity contribution in [3.05, 3.63) is 16.9 Å². The van der Waals surface area contributed by atoms with Crippen LogP contribution in [0.5, 0.6) is 0 Å². The molecule has 3 rings (SSSR count). The molecule has 1 aromatic rings. The van der Waals surface area contributed by atoms with Gasteiger partial charge in [0, 0.05) is 6.04 Å². The molecule has 1 heterocycles. The van der Waals surface area contributed by atoms with Crippen molar-refractivity contribution in [3.8, 4) is 0 Å². The Morgan fingerprint density at radius 1 is 1.33 bits per heavy atom. The van der Waals surface area contributed by atoms with Crippen molar-refractivity contribution in [2.45, 2.75) is 51.7 Å². The first-order chi connectivity index (χ1) is 8.61. The largest absolute Gasteiger partial charge is 0.386 e. The van der Waals surface area contributed by atoms with Crippen LogP contribution in [0, 0.1) is 17.8 Å². The van der Waals surface area contributed by atoms with Crippen LogP contribution in [0.3, 0.4) is 0 Å². The molecule has 0 amide bonds. The number of halogens is 1. The monoisotopic (exact) mass is 268 g/mol. The lowest BCUT2D eigenvalue weighted by molar-refractivity contribution is 0.130. The van der Waals surface area contributed by atoms with E-state index in [2.05, 4.69) is 18.9 Å². The Morgan fingerprint density at radius 3 is 2.50 bits per heavy atom. The van der Waals surface area contributed by atoms with E-state index in [1.807, 2.05) is 4.68 Å². The van der Waals surface area contributed by atoms with Gasteiger partial charge >= 0.3 is 0 Å². The highest BCUT2D eigenvalue weighted by molar-refractivity contribution is 6.31. The number of aliphatic hydroxyl groups is 1. The topological polar surface area (TPSA) is 38.0 Å². The van der Waals surface area contributed by atoms with Gasteiger partial charge in [-0.25, -0.2) is 0 Å². The second-order valence-corrected chi connectivity index (χ2v) is 6.46. The highest BCUT2D eigenvalue weighted by atomic mass is 35.5. The summed E-state index contributed by atoms with van der Waals surface area (Å²) in [5.41, 5.74) is 0.825. The zero-order valence-corrected chi connectivity index (χ0v) is 11.8.